The fourth-order valence-corrected chi connectivity index (χ4v) is 2.08. The largest absolute Gasteiger partial charge is 1.00 e. The zero-order valence-electron chi connectivity index (χ0n) is 12.2. The van der Waals surface area contributed by atoms with Crippen LogP contribution in [0.25, 0.3) is 0 Å². The Morgan fingerprint density at radius 1 is 1.30 bits per heavy atom. The molecule has 0 bridgehead atoms. The molecule has 0 saturated carbocycles. The molecular formula is C14H20INO4. The lowest BCUT2D eigenvalue weighted by Crippen LogP contribution is -3.00. The number of carbonyl (C=O) groups is 1. The monoisotopic (exact) mass is 393 g/mol. The summed E-state index contributed by atoms with van der Waals surface area (Å²) in [6.07, 6.45) is -0.141. The van der Waals surface area contributed by atoms with E-state index >= 15 is 0 Å². The zero-order valence-corrected chi connectivity index (χ0v) is 14.3. The molecule has 1 aromatic carbocycles. The summed E-state index contributed by atoms with van der Waals surface area (Å²) < 4.78 is 16.6. The van der Waals surface area contributed by atoms with Crippen LogP contribution in [-0.2, 0) is 4.74 Å². The van der Waals surface area contributed by atoms with Crippen LogP contribution in [-0.4, -0.2) is 51.0 Å². The van der Waals surface area contributed by atoms with Crippen LogP contribution in [0.2, 0.25) is 0 Å². The molecule has 0 fully saturated rings. The lowest BCUT2D eigenvalue weighted by Gasteiger charge is -2.27. The molecule has 0 amide bonds. The number of halogens is 1. The molecule has 0 spiro atoms. The third-order valence-electron chi connectivity index (χ3n) is 2.72. The van der Waals surface area contributed by atoms with E-state index in [1.54, 1.807) is 18.2 Å². The number of ether oxygens (including phenoxy) is 3. The normalized spacial score (nSPS) is 14.4. The van der Waals surface area contributed by atoms with Gasteiger partial charge in [-0.25, -0.2) is 4.79 Å². The summed E-state index contributed by atoms with van der Waals surface area (Å²) in [5, 5.41) is 0. The van der Waals surface area contributed by atoms with Gasteiger partial charge in [-0.1, -0.05) is 0 Å². The first-order valence-corrected chi connectivity index (χ1v) is 6.26. The second kappa shape index (κ2) is 6.62. The van der Waals surface area contributed by atoms with Crippen LogP contribution in [0.15, 0.2) is 18.2 Å². The predicted octanol–water partition coefficient (Wildman–Crippen LogP) is -1.33. The molecule has 1 unspecified atom stereocenters. The average molecular weight is 393 g/mol. The Kier molecular flexibility index (Phi) is 5.64. The summed E-state index contributed by atoms with van der Waals surface area (Å²) in [6.45, 7) is 2.86. The Balaban J connectivity index is 0.00000200. The van der Waals surface area contributed by atoms with Crippen molar-refractivity contribution in [2.75, 3.05) is 34.5 Å². The van der Waals surface area contributed by atoms with Crippen LogP contribution in [0, 0.1) is 0 Å². The van der Waals surface area contributed by atoms with Crippen LogP contribution in [0.5, 0.6) is 11.5 Å². The molecule has 5 nitrogen and oxygen atoms in total. The van der Waals surface area contributed by atoms with Crippen LogP contribution < -0.4 is 33.5 Å². The Labute approximate surface area is 136 Å². The number of benzene rings is 1. The fourth-order valence-electron chi connectivity index (χ4n) is 2.08. The van der Waals surface area contributed by atoms with Gasteiger partial charge in [0, 0.05) is 0 Å². The summed E-state index contributed by atoms with van der Waals surface area (Å²) in [4.78, 5) is 12.0. The minimum absolute atomic E-state index is 0. The van der Waals surface area contributed by atoms with Crippen LogP contribution in [0.3, 0.4) is 0 Å². The highest BCUT2D eigenvalue weighted by Gasteiger charge is 2.21. The molecule has 6 heteroatoms. The number of nitrogens with zero attached hydrogens (tertiary/aromatic N) is 1. The van der Waals surface area contributed by atoms with E-state index in [0.717, 1.165) is 11.0 Å². The third kappa shape index (κ3) is 4.52. The lowest BCUT2D eigenvalue weighted by molar-refractivity contribution is -0.873. The number of hydrogen-bond acceptors (Lipinski definition) is 4. The van der Waals surface area contributed by atoms with Crippen molar-refractivity contribution < 1.29 is 47.5 Å². The number of rotatable bonds is 4. The van der Waals surface area contributed by atoms with Crippen LogP contribution in [0.1, 0.15) is 17.3 Å². The van der Waals surface area contributed by atoms with Gasteiger partial charge < -0.3 is 42.7 Å². The maximum atomic E-state index is 12.0. The fraction of sp³-hybridized carbons (Fsp3) is 0.500. The molecule has 1 aromatic rings. The van der Waals surface area contributed by atoms with Crippen molar-refractivity contribution in [2.45, 2.75) is 13.0 Å². The van der Waals surface area contributed by atoms with Crippen molar-refractivity contribution in [1.82, 2.24) is 0 Å². The van der Waals surface area contributed by atoms with Gasteiger partial charge >= 0.3 is 5.97 Å². The third-order valence-corrected chi connectivity index (χ3v) is 2.72. The summed E-state index contributed by atoms with van der Waals surface area (Å²) in [6, 6.07) is 5.07. The molecular weight excluding hydrogens is 373 g/mol. The van der Waals surface area contributed by atoms with E-state index in [2.05, 4.69) is 21.1 Å². The number of quaternary nitrogens is 1. The first-order valence-electron chi connectivity index (χ1n) is 6.26. The number of likely N-dealkylation sites (N-methyl/N-ethyl adjacent to an activating group) is 1. The minimum Gasteiger partial charge on any atom is -1.00 e. The van der Waals surface area contributed by atoms with Gasteiger partial charge in [0.2, 0.25) is 6.79 Å². The summed E-state index contributed by atoms with van der Waals surface area (Å²) >= 11 is 0. The highest BCUT2D eigenvalue weighted by Crippen LogP contribution is 2.32. The van der Waals surface area contributed by atoms with E-state index < -0.39 is 0 Å². The predicted molar refractivity (Wildman–Crippen MR) is 70.3 cm³/mol. The van der Waals surface area contributed by atoms with E-state index in [1.807, 2.05) is 6.92 Å². The Morgan fingerprint density at radius 3 is 2.60 bits per heavy atom. The maximum Gasteiger partial charge on any atom is 0.338 e. The van der Waals surface area contributed by atoms with E-state index in [-0.39, 0.29) is 42.8 Å². The van der Waals surface area contributed by atoms with Gasteiger partial charge in [-0.05, 0) is 25.1 Å². The van der Waals surface area contributed by atoms with Gasteiger partial charge in [0.25, 0.3) is 0 Å². The lowest BCUT2D eigenvalue weighted by atomic mass is 10.2. The number of esters is 1. The molecule has 1 aliphatic heterocycles. The molecule has 0 saturated heterocycles. The molecule has 20 heavy (non-hydrogen) atoms. The second-order valence-electron chi connectivity index (χ2n) is 5.76. The van der Waals surface area contributed by atoms with Crippen LogP contribution >= 0.6 is 0 Å². The van der Waals surface area contributed by atoms with Gasteiger partial charge in [0.15, 0.2) is 11.5 Å². The topological polar surface area (TPSA) is 44.8 Å². The van der Waals surface area contributed by atoms with Crippen LogP contribution in [0.4, 0.5) is 0 Å². The first-order chi connectivity index (χ1) is 8.85. The average Bonchev–Trinajstić information content (AvgIpc) is 2.72. The van der Waals surface area contributed by atoms with Gasteiger partial charge in [-0.2, -0.15) is 0 Å². The van der Waals surface area contributed by atoms with Crippen molar-refractivity contribution in [3.8, 4) is 11.5 Å². The second-order valence-corrected chi connectivity index (χ2v) is 5.76. The Morgan fingerprint density at radius 2 is 1.95 bits per heavy atom. The molecule has 0 N–H and O–H groups in total. The molecule has 112 valence electrons. The molecule has 1 aliphatic rings. The maximum absolute atomic E-state index is 12.0. The first kappa shape index (κ1) is 17.0. The zero-order chi connectivity index (χ0) is 14.0. The van der Waals surface area contributed by atoms with E-state index in [9.17, 15) is 4.79 Å². The Hall–Kier alpha value is -1.02. The van der Waals surface area contributed by atoms with Crippen molar-refractivity contribution in [3.05, 3.63) is 23.8 Å². The highest BCUT2D eigenvalue weighted by atomic mass is 127. The molecule has 1 heterocycles. The Bertz CT molecular complexity index is 485. The SMILES string of the molecule is CC(C[N+](C)(C)C)OC(=O)c1ccc2c(c1)OCO2.[I-]. The number of hydrogen-bond donors (Lipinski definition) is 0. The van der Waals surface area contributed by atoms with E-state index in [0.29, 0.717) is 17.1 Å². The van der Waals surface area contributed by atoms with Crippen molar-refractivity contribution >= 4 is 5.97 Å². The minimum atomic E-state index is -0.334. The highest BCUT2D eigenvalue weighted by molar-refractivity contribution is 5.90. The van der Waals surface area contributed by atoms with Crippen molar-refractivity contribution in [2.24, 2.45) is 0 Å². The quantitative estimate of drug-likeness (QED) is 0.362. The number of fused-ring (bicyclic) bond motifs is 1. The number of carbonyl (C=O) groups excluding carboxylic acids is 1. The standard InChI is InChI=1S/C14H20NO4.HI/c1-10(8-15(2,3)4)19-14(16)11-5-6-12-13(7-11)18-9-17-12;/h5-7,10H,8-9H2,1-4H3;1H/q+1;/p-1. The molecule has 2 rings (SSSR count). The molecule has 1 atom stereocenters. The molecule has 0 aliphatic carbocycles. The summed E-state index contributed by atoms with van der Waals surface area (Å²) in [5.74, 6) is 0.920. The van der Waals surface area contributed by atoms with Gasteiger partial charge in [0.1, 0.15) is 12.6 Å². The summed E-state index contributed by atoms with van der Waals surface area (Å²) in [7, 11) is 6.18. The molecule has 0 aromatic heterocycles. The van der Waals surface area contributed by atoms with Gasteiger partial charge in [0.05, 0.1) is 26.7 Å². The molecule has 0 radical (unpaired) electrons. The van der Waals surface area contributed by atoms with Gasteiger partial charge in [-0.15, -0.1) is 0 Å². The van der Waals surface area contributed by atoms with E-state index in [4.69, 9.17) is 14.2 Å². The van der Waals surface area contributed by atoms with Crippen molar-refractivity contribution in [3.63, 3.8) is 0 Å². The summed E-state index contributed by atoms with van der Waals surface area (Å²) in [5.41, 5.74) is 0.484. The van der Waals surface area contributed by atoms with E-state index in [1.165, 1.54) is 0 Å². The van der Waals surface area contributed by atoms with Crippen molar-refractivity contribution in [1.29, 1.82) is 0 Å². The smallest absolute Gasteiger partial charge is 0.338 e. The van der Waals surface area contributed by atoms with Gasteiger partial charge in [-0.3, -0.25) is 0 Å².